The third kappa shape index (κ3) is 4.59. The Morgan fingerprint density at radius 3 is 2.90 bits per heavy atom. The van der Waals surface area contributed by atoms with E-state index < -0.39 is 0 Å². The minimum atomic E-state index is -0.0493. The van der Waals surface area contributed by atoms with Gasteiger partial charge < -0.3 is 10.6 Å². The molecule has 0 bridgehead atoms. The fourth-order valence-electron chi connectivity index (χ4n) is 2.00. The topological polar surface area (TPSA) is 82.7 Å². The number of carbonyl (C=O) groups excluding carboxylic acids is 1. The highest BCUT2D eigenvalue weighted by molar-refractivity contribution is 5.99. The number of amides is 1. The van der Waals surface area contributed by atoms with E-state index in [-0.39, 0.29) is 5.91 Å². The van der Waals surface area contributed by atoms with Crippen molar-refractivity contribution in [2.24, 2.45) is 0 Å². The highest BCUT2D eigenvalue weighted by atomic mass is 16.1. The predicted octanol–water partition coefficient (Wildman–Crippen LogP) is 1.99. The van der Waals surface area contributed by atoms with Crippen LogP contribution >= 0.6 is 0 Å². The fourth-order valence-corrected chi connectivity index (χ4v) is 2.00. The number of H-pyrrole nitrogens is 1. The number of anilines is 1. The van der Waals surface area contributed by atoms with Crippen LogP contribution in [-0.2, 0) is 6.42 Å². The first kappa shape index (κ1) is 15.0. The third-order valence-electron chi connectivity index (χ3n) is 3.08. The molecule has 0 atom stereocenters. The van der Waals surface area contributed by atoms with E-state index in [0.717, 1.165) is 37.3 Å². The first-order chi connectivity index (χ1) is 10.3. The van der Waals surface area contributed by atoms with Gasteiger partial charge in [-0.15, -0.1) is 0 Å². The largest absolute Gasteiger partial charge is 0.384 e. The lowest BCUT2D eigenvalue weighted by Gasteiger charge is -2.11. The Labute approximate surface area is 124 Å². The van der Waals surface area contributed by atoms with Crippen LogP contribution in [0.1, 0.15) is 35.9 Å². The van der Waals surface area contributed by atoms with Crippen molar-refractivity contribution >= 4 is 11.6 Å². The van der Waals surface area contributed by atoms with Crippen molar-refractivity contribution in [2.45, 2.75) is 26.2 Å². The molecule has 0 spiro atoms. The number of hydrogen-bond acceptors (Lipinski definition) is 4. The van der Waals surface area contributed by atoms with Crippen molar-refractivity contribution in [1.82, 2.24) is 20.5 Å². The molecule has 6 nitrogen and oxygen atoms in total. The van der Waals surface area contributed by atoms with Gasteiger partial charge in [-0.3, -0.25) is 9.89 Å². The molecular formula is C15H21N5O. The quantitative estimate of drug-likeness (QED) is 0.648. The van der Waals surface area contributed by atoms with Gasteiger partial charge in [0, 0.05) is 25.2 Å². The van der Waals surface area contributed by atoms with Gasteiger partial charge in [0.2, 0.25) is 0 Å². The van der Waals surface area contributed by atoms with Crippen LogP contribution in [0.5, 0.6) is 0 Å². The lowest BCUT2D eigenvalue weighted by Crippen LogP contribution is -2.25. The van der Waals surface area contributed by atoms with Crippen molar-refractivity contribution < 1.29 is 4.79 Å². The smallest absolute Gasteiger partial charge is 0.253 e. The standard InChI is InChI=1S/C15H21N5O/c1-2-9-16-13-7-4-3-6-12(13)15(21)17-10-5-8-14-18-11-19-20-14/h3-4,6-7,11,16H,2,5,8-10H2,1H3,(H,17,21)(H,18,19,20). The van der Waals surface area contributed by atoms with Crippen LogP contribution in [0.15, 0.2) is 30.6 Å². The molecule has 3 N–H and O–H groups in total. The normalized spacial score (nSPS) is 10.3. The maximum absolute atomic E-state index is 12.2. The number of nitrogens with one attached hydrogen (secondary N) is 3. The lowest BCUT2D eigenvalue weighted by atomic mass is 10.1. The summed E-state index contributed by atoms with van der Waals surface area (Å²) in [5, 5.41) is 12.8. The average molecular weight is 287 g/mol. The zero-order valence-corrected chi connectivity index (χ0v) is 12.2. The van der Waals surface area contributed by atoms with Gasteiger partial charge in [0.05, 0.1) is 5.56 Å². The summed E-state index contributed by atoms with van der Waals surface area (Å²) in [7, 11) is 0. The molecule has 0 fully saturated rings. The first-order valence-electron chi connectivity index (χ1n) is 7.26. The minimum Gasteiger partial charge on any atom is -0.384 e. The molecule has 1 amide bonds. The summed E-state index contributed by atoms with van der Waals surface area (Å²) in [6.45, 7) is 3.57. The monoisotopic (exact) mass is 287 g/mol. The van der Waals surface area contributed by atoms with Crippen LogP contribution in [0.25, 0.3) is 0 Å². The number of rotatable bonds is 8. The number of aromatic nitrogens is 3. The Morgan fingerprint density at radius 1 is 1.29 bits per heavy atom. The molecule has 112 valence electrons. The predicted molar refractivity (Wildman–Crippen MR) is 82.3 cm³/mol. The average Bonchev–Trinajstić information content (AvgIpc) is 3.03. The van der Waals surface area contributed by atoms with Crippen LogP contribution in [-0.4, -0.2) is 34.2 Å². The van der Waals surface area contributed by atoms with Gasteiger partial charge in [-0.25, -0.2) is 4.98 Å². The number of hydrogen-bond donors (Lipinski definition) is 3. The fraction of sp³-hybridized carbons (Fsp3) is 0.400. The van der Waals surface area contributed by atoms with Crippen LogP contribution in [0.2, 0.25) is 0 Å². The molecule has 0 radical (unpaired) electrons. The Balaban J connectivity index is 1.82. The summed E-state index contributed by atoms with van der Waals surface area (Å²) in [5.41, 5.74) is 1.57. The van der Waals surface area contributed by atoms with Crippen molar-refractivity contribution in [3.05, 3.63) is 42.0 Å². The van der Waals surface area contributed by atoms with Crippen molar-refractivity contribution in [2.75, 3.05) is 18.4 Å². The molecule has 1 aromatic heterocycles. The molecule has 1 aromatic carbocycles. The lowest BCUT2D eigenvalue weighted by molar-refractivity contribution is 0.0954. The third-order valence-corrected chi connectivity index (χ3v) is 3.08. The maximum Gasteiger partial charge on any atom is 0.253 e. The molecule has 0 unspecified atom stereocenters. The summed E-state index contributed by atoms with van der Waals surface area (Å²) in [6.07, 6.45) is 4.11. The highest BCUT2D eigenvalue weighted by Crippen LogP contribution is 2.14. The summed E-state index contributed by atoms with van der Waals surface area (Å²) in [6, 6.07) is 7.57. The molecular weight excluding hydrogens is 266 g/mol. The van der Waals surface area contributed by atoms with E-state index in [1.807, 2.05) is 24.3 Å². The maximum atomic E-state index is 12.2. The van der Waals surface area contributed by atoms with Gasteiger partial charge in [-0.05, 0) is 25.0 Å². The molecule has 2 aromatic rings. The Bertz CT molecular complexity index is 553. The van der Waals surface area contributed by atoms with E-state index in [4.69, 9.17) is 0 Å². The SMILES string of the molecule is CCCNc1ccccc1C(=O)NCCCc1ncn[nH]1. The van der Waals surface area contributed by atoms with E-state index in [0.29, 0.717) is 12.1 Å². The Kier molecular flexibility index (Phi) is 5.75. The van der Waals surface area contributed by atoms with Gasteiger partial charge in [-0.2, -0.15) is 5.10 Å². The number of carbonyl (C=O) groups is 1. The van der Waals surface area contributed by atoms with E-state index in [9.17, 15) is 4.79 Å². The van der Waals surface area contributed by atoms with Crippen molar-refractivity contribution in [1.29, 1.82) is 0 Å². The number of benzene rings is 1. The van der Waals surface area contributed by atoms with Crippen LogP contribution in [0, 0.1) is 0 Å². The molecule has 0 saturated heterocycles. The van der Waals surface area contributed by atoms with Gasteiger partial charge in [0.1, 0.15) is 12.2 Å². The van der Waals surface area contributed by atoms with Crippen molar-refractivity contribution in [3.8, 4) is 0 Å². The second kappa shape index (κ2) is 8.04. The van der Waals surface area contributed by atoms with Crippen LogP contribution < -0.4 is 10.6 Å². The molecule has 0 aliphatic heterocycles. The number of para-hydroxylation sites is 1. The van der Waals surface area contributed by atoms with Crippen LogP contribution in [0.4, 0.5) is 5.69 Å². The summed E-state index contributed by atoms with van der Waals surface area (Å²) in [5.74, 6) is 0.793. The van der Waals surface area contributed by atoms with E-state index in [1.165, 1.54) is 6.33 Å². The van der Waals surface area contributed by atoms with Gasteiger partial charge in [-0.1, -0.05) is 19.1 Å². The summed E-state index contributed by atoms with van der Waals surface area (Å²) in [4.78, 5) is 16.3. The first-order valence-corrected chi connectivity index (χ1v) is 7.26. The molecule has 6 heteroatoms. The van der Waals surface area contributed by atoms with E-state index in [2.05, 4.69) is 32.7 Å². The zero-order valence-electron chi connectivity index (χ0n) is 12.2. The molecule has 1 heterocycles. The number of nitrogens with zero attached hydrogens (tertiary/aromatic N) is 2. The summed E-state index contributed by atoms with van der Waals surface area (Å²) < 4.78 is 0. The van der Waals surface area contributed by atoms with Gasteiger partial charge >= 0.3 is 0 Å². The van der Waals surface area contributed by atoms with E-state index in [1.54, 1.807) is 0 Å². The van der Waals surface area contributed by atoms with Gasteiger partial charge in [0.25, 0.3) is 5.91 Å². The molecule has 2 rings (SSSR count). The molecule has 21 heavy (non-hydrogen) atoms. The van der Waals surface area contributed by atoms with Gasteiger partial charge in [0.15, 0.2) is 0 Å². The van der Waals surface area contributed by atoms with Crippen LogP contribution in [0.3, 0.4) is 0 Å². The number of aryl methyl sites for hydroxylation is 1. The van der Waals surface area contributed by atoms with E-state index >= 15 is 0 Å². The molecule has 0 aliphatic carbocycles. The Morgan fingerprint density at radius 2 is 2.14 bits per heavy atom. The number of aromatic amines is 1. The second-order valence-corrected chi connectivity index (χ2v) is 4.76. The zero-order chi connectivity index (χ0) is 14.9. The minimum absolute atomic E-state index is 0.0493. The molecule has 0 aliphatic rings. The molecule has 0 saturated carbocycles. The highest BCUT2D eigenvalue weighted by Gasteiger charge is 2.09. The van der Waals surface area contributed by atoms with Crippen molar-refractivity contribution in [3.63, 3.8) is 0 Å². The Hall–Kier alpha value is -2.37. The summed E-state index contributed by atoms with van der Waals surface area (Å²) >= 11 is 0. The second-order valence-electron chi connectivity index (χ2n) is 4.76.